The Morgan fingerprint density at radius 2 is 2.40 bits per heavy atom. The fourth-order valence-electron chi connectivity index (χ4n) is 0.634. The number of halogens is 1. The number of ether oxygens (including phenoxy) is 1. The lowest BCUT2D eigenvalue weighted by Gasteiger charge is -2.02. The Kier molecular flexibility index (Phi) is 1.82. The zero-order valence-corrected chi connectivity index (χ0v) is 6.02. The van der Waals surface area contributed by atoms with Crippen molar-refractivity contribution in [2.75, 3.05) is 6.61 Å². The summed E-state index contributed by atoms with van der Waals surface area (Å²) in [5.41, 5.74) is -1.23. The number of carbonyl (C=O) groups excluding carboxylic acids is 1. The standard InChI is InChI=1S/C6H6ClNO2/c7-5(9)10-4-6(3-8)1-2-6/h1-2,4H2. The predicted octanol–water partition coefficient (Wildman–Crippen LogP) is 1.67. The summed E-state index contributed by atoms with van der Waals surface area (Å²) in [6, 6.07) is 2.07. The summed E-state index contributed by atoms with van der Waals surface area (Å²) in [5.74, 6) is 0. The molecule has 0 N–H and O–H groups in total. The summed E-state index contributed by atoms with van der Waals surface area (Å²) in [7, 11) is 0. The highest BCUT2D eigenvalue weighted by Crippen LogP contribution is 2.44. The van der Waals surface area contributed by atoms with Crippen molar-refractivity contribution in [3.8, 4) is 6.07 Å². The van der Waals surface area contributed by atoms with Crippen LogP contribution in [0.2, 0.25) is 0 Å². The first kappa shape index (κ1) is 7.36. The third kappa shape index (κ3) is 1.61. The zero-order valence-electron chi connectivity index (χ0n) is 5.26. The summed E-state index contributed by atoms with van der Waals surface area (Å²) in [6.45, 7) is 0.145. The average Bonchev–Trinajstić information content (AvgIpc) is 2.64. The molecule has 0 saturated heterocycles. The minimum atomic E-state index is -0.832. The van der Waals surface area contributed by atoms with E-state index >= 15 is 0 Å². The molecule has 0 aromatic rings. The van der Waals surface area contributed by atoms with Gasteiger partial charge in [-0.2, -0.15) is 5.26 Å². The molecule has 54 valence electrons. The van der Waals surface area contributed by atoms with Crippen molar-refractivity contribution in [1.29, 1.82) is 5.26 Å². The van der Waals surface area contributed by atoms with Crippen LogP contribution in [-0.2, 0) is 4.74 Å². The van der Waals surface area contributed by atoms with Gasteiger partial charge in [0.1, 0.15) is 6.61 Å². The summed E-state index contributed by atoms with van der Waals surface area (Å²) in [5, 5.41) is 8.49. The van der Waals surface area contributed by atoms with E-state index in [0.717, 1.165) is 12.8 Å². The highest BCUT2D eigenvalue weighted by molar-refractivity contribution is 6.61. The molecule has 1 rings (SSSR count). The maximum absolute atomic E-state index is 10.1. The molecular weight excluding hydrogens is 154 g/mol. The van der Waals surface area contributed by atoms with E-state index in [2.05, 4.69) is 10.8 Å². The second kappa shape index (κ2) is 2.47. The normalized spacial score (nSPS) is 19.2. The molecule has 3 nitrogen and oxygen atoms in total. The molecule has 4 heteroatoms. The van der Waals surface area contributed by atoms with Gasteiger partial charge in [0.15, 0.2) is 0 Å². The molecule has 1 aliphatic rings. The second-order valence-corrected chi connectivity index (χ2v) is 2.73. The first-order valence-corrected chi connectivity index (χ1v) is 3.30. The monoisotopic (exact) mass is 159 g/mol. The maximum atomic E-state index is 10.1. The van der Waals surface area contributed by atoms with Crippen molar-refractivity contribution in [1.82, 2.24) is 0 Å². The topological polar surface area (TPSA) is 50.1 Å². The first-order chi connectivity index (χ1) is 4.68. The van der Waals surface area contributed by atoms with Gasteiger partial charge < -0.3 is 4.74 Å². The highest BCUT2D eigenvalue weighted by Gasteiger charge is 2.44. The minimum absolute atomic E-state index is 0.145. The van der Waals surface area contributed by atoms with Crippen molar-refractivity contribution in [3.05, 3.63) is 0 Å². The Morgan fingerprint density at radius 1 is 1.80 bits per heavy atom. The van der Waals surface area contributed by atoms with E-state index in [-0.39, 0.29) is 6.61 Å². The van der Waals surface area contributed by atoms with E-state index in [1.807, 2.05) is 0 Å². The molecule has 0 amide bonds. The van der Waals surface area contributed by atoms with Gasteiger partial charge in [-0.25, -0.2) is 4.79 Å². The predicted molar refractivity (Wildman–Crippen MR) is 34.5 cm³/mol. The molecule has 0 atom stereocenters. The fraction of sp³-hybridized carbons (Fsp3) is 0.667. The van der Waals surface area contributed by atoms with Gasteiger partial charge in [-0.15, -0.1) is 0 Å². The molecule has 0 spiro atoms. The molecular formula is C6H6ClNO2. The Morgan fingerprint density at radius 3 is 2.70 bits per heavy atom. The zero-order chi connectivity index (χ0) is 7.61. The Balaban J connectivity index is 2.27. The Labute approximate surface area is 63.5 Å². The molecule has 1 fully saturated rings. The van der Waals surface area contributed by atoms with Gasteiger partial charge in [-0.1, -0.05) is 0 Å². The summed E-state index contributed by atoms with van der Waals surface area (Å²) in [4.78, 5) is 10.1. The quantitative estimate of drug-likeness (QED) is 0.576. The van der Waals surface area contributed by atoms with Gasteiger partial charge in [0.25, 0.3) is 0 Å². The van der Waals surface area contributed by atoms with E-state index in [9.17, 15) is 4.79 Å². The van der Waals surface area contributed by atoms with Crippen LogP contribution in [0.25, 0.3) is 0 Å². The maximum Gasteiger partial charge on any atom is 0.403 e. The Hall–Kier alpha value is -0.750. The smallest absolute Gasteiger partial charge is 0.403 e. The average molecular weight is 160 g/mol. The van der Waals surface area contributed by atoms with Crippen molar-refractivity contribution in [2.24, 2.45) is 5.41 Å². The van der Waals surface area contributed by atoms with Crippen LogP contribution in [0.15, 0.2) is 0 Å². The van der Waals surface area contributed by atoms with Gasteiger partial charge >= 0.3 is 5.43 Å². The molecule has 0 bridgehead atoms. The largest absolute Gasteiger partial charge is 0.452 e. The van der Waals surface area contributed by atoms with Crippen LogP contribution in [0.1, 0.15) is 12.8 Å². The molecule has 1 saturated carbocycles. The van der Waals surface area contributed by atoms with Crippen LogP contribution in [-0.4, -0.2) is 12.0 Å². The number of hydrogen-bond donors (Lipinski definition) is 0. The highest BCUT2D eigenvalue weighted by atomic mass is 35.5. The van der Waals surface area contributed by atoms with Crippen LogP contribution >= 0.6 is 11.6 Å². The van der Waals surface area contributed by atoms with E-state index in [0.29, 0.717) is 0 Å². The summed E-state index contributed by atoms with van der Waals surface area (Å²) >= 11 is 4.90. The Bertz CT molecular complexity index is 192. The summed E-state index contributed by atoms with van der Waals surface area (Å²) in [6.07, 6.45) is 1.63. The second-order valence-electron chi connectivity index (χ2n) is 2.42. The molecule has 0 heterocycles. The molecule has 0 aromatic heterocycles. The van der Waals surface area contributed by atoms with Crippen molar-refractivity contribution in [3.63, 3.8) is 0 Å². The van der Waals surface area contributed by atoms with Crippen LogP contribution in [0.5, 0.6) is 0 Å². The van der Waals surface area contributed by atoms with Crippen LogP contribution in [0.4, 0.5) is 4.79 Å². The molecule has 0 aliphatic heterocycles. The van der Waals surface area contributed by atoms with Gasteiger partial charge in [0, 0.05) is 11.6 Å². The number of rotatable bonds is 2. The number of nitrogens with zero attached hydrogens (tertiary/aromatic N) is 1. The molecule has 0 unspecified atom stereocenters. The first-order valence-electron chi connectivity index (χ1n) is 2.92. The van der Waals surface area contributed by atoms with Gasteiger partial charge in [-0.05, 0) is 12.8 Å². The van der Waals surface area contributed by atoms with E-state index in [1.54, 1.807) is 0 Å². The molecule has 0 aromatic carbocycles. The molecule has 0 radical (unpaired) electrons. The lowest BCUT2D eigenvalue weighted by Crippen LogP contribution is -2.08. The molecule has 1 aliphatic carbocycles. The van der Waals surface area contributed by atoms with Crippen molar-refractivity contribution >= 4 is 17.0 Å². The van der Waals surface area contributed by atoms with Crippen LogP contribution < -0.4 is 0 Å². The van der Waals surface area contributed by atoms with Gasteiger partial charge in [-0.3, -0.25) is 0 Å². The van der Waals surface area contributed by atoms with Crippen molar-refractivity contribution < 1.29 is 9.53 Å². The van der Waals surface area contributed by atoms with E-state index in [1.165, 1.54) is 0 Å². The van der Waals surface area contributed by atoms with E-state index in [4.69, 9.17) is 16.9 Å². The number of nitriles is 1. The van der Waals surface area contributed by atoms with Gasteiger partial charge in [0.05, 0.1) is 11.5 Å². The number of carbonyl (C=O) groups is 1. The fourth-order valence-corrected chi connectivity index (χ4v) is 0.689. The molecule has 10 heavy (non-hydrogen) atoms. The third-order valence-electron chi connectivity index (χ3n) is 1.55. The van der Waals surface area contributed by atoms with Crippen LogP contribution in [0.3, 0.4) is 0 Å². The lowest BCUT2D eigenvalue weighted by atomic mass is 10.2. The minimum Gasteiger partial charge on any atom is -0.452 e. The lowest BCUT2D eigenvalue weighted by molar-refractivity contribution is 0.157. The summed E-state index contributed by atoms with van der Waals surface area (Å²) < 4.78 is 4.46. The van der Waals surface area contributed by atoms with E-state index < -0.39 is 10.8 Å². The van der Waals surface area contributed by atoms with Gasteiger partial charge in [0.2, 0.25) is 0 Å². The third-order valence-corrected chi connectivity index (χ3v) is 1.66. The SMILES string of the molecule is N#CC1(COC(=O)Cl)CC1. The van der Waals surface area contributed by atoms with Crippen molar-refractivity contribution in [2.45, 2.75) is 12.8 Å². The van der Waals surface area contributed by atoms with Crippen LogP contribution in [0, 0.1) is 16.7 Å². The number of hydrogen-bond acceptors (Lipinski definition) is 3.